The van der Waals surface area contributed by atoms with Crippen molar-refractivity contribution in [2.75, 3.05) is 13.2 Å². The molecule has 0 unspecified atom stereocenters. The van der Waals surface area contributed by atoms with Crippen LogP contribution in [0.15, 0.2) is 12.1 Å². The molecule has 1 fully saturated rings. The Morgan fingerprint density at radius 3 is 2.50 bits per heavy atom. The highest BCUT2D eigenvalue weighted by Gasteiger charge is 2.27. The van der Waals surface area contributed by atoms with Crippen LogP contribution in [-0.2, 0) is 9.47 Å². The van der Waals surface area contributed by atoms with Gasteiger partial charge < -0.3 is 14.6 Å². The summed E-state index contributed by atoms with van der Waals surface area (Å²) in [4.78, 5) is 0. The summed E-state index contributed by atoms with van der Waals surface area (Å²) >= 11 is 0. The van der Waals surface area contributed by atoms with Crippen LogP contribution < -0.4 is 0 Å². The standard InChI is InChI=1S/C9H8F2O3/c10-5-1-2-6(12)8(11)7(5)9-13-3-4-14-9/h1-2,9,12H,3-4H2. The third kappa shape index (κ3) is 1.44. The highest BCUT2D eigenvalue weighted by atomic mass is 19.1. The molecule has 1 N–H and O–H groups in total. The molecule has 1 aromatic rings. The number of phenols is 1. The van der Waals surface area contributed by atoms with Crippen molar-refractivity contribution in [3.8, 4) is 5.75 Å². The number of hydrogen-bond acceptors (Lipinski definition) is 3. The molecule has 3 nitrogen and oxygen atoms in total. The van der Waals surface area contributed by atoms with E-state index in [9.17, 15) is 8.78 Å². The normalized spacial score (nSPS) is 17.6. The van der Waals surface area contributed by atoms with Crippen LogP contribution in [0.2, 0.25) is 0 Å². The molecule has 0 amide bonds. The molecule has 0 radical (unpaired) electrons. The summed E-state index contributed by atoms with van der Waals surface area (Å²) in [7, 11) is 0. The molecule has 76 valence electrons. The number of ether oxygens (including phenoxy) is 2. The minimum absolute atomic E-state index is 0.291. The third-order valence-electron chi connectivity index (χ3n) is 1.96. The monoisotopic (exact) mass is 202 g/mol. The van der Waals surface area contributed by atoms with Gasteiger partial charge in [-0.2, -0.15) is 0 Å². The molecular formula is C9H8F2O3. The van der Waals surface area contributed by atoms with Gasteiger partial charge in [0, 0.05) is 0 Å². The number of phenolic OH excluding ortho intramolecular Hbond substituents is 1. The average Bonchev–Trinajstić information content (AvgIpc) is 2.65. The second kappa shape index (κ2) is 3.51. The van der Waals surface area contributed by atoms with E-state index >= 15 is 0 Å². The summed E-state index contributed by atoms with van der Waals surface area (Å²) in [6, 6.07) is 1.92. The molecule has 5 heteroatoms. The fraction of sp³-hybridized carbons (Fsp3) is 0.333. The highest BCUT2D eigenvalue weighted by Crippen LogP contribution is 2.31. The smallest absolute Gasteiger partial charge is 0.189 e. The van der Waals surface area contributed by atoms with Crippen LogP contribution in [0.4, 0.5) is 8.78 Å². The van der Waals surface area contributed by atoms with Crippen molar-refractivity contribution in [2.24, 2.45) is 0 Å². The van der Waals surface area contributed by atoms with Crippen LogP contribution in [0.1, 0.15) is 11.9 Å². The fourth-order valence-electron chi connectivity index (χ4n) is 1.30. The molecule has 1 aromatic carbocycles. The second-order valence-electron chi connectivity index (χ2n) is 2.87. The van der Waals surface area contributed by atoms with E-state index in [1.165, 1.54) is 0 Å². The number of rotatable bonds is 1. The average molecular weight is 202 g/mol. The number of aromatic hydroxyl groups is 1. The van der Waals surface area contributed by atoms with E-state index in [0.717, 1.165) is 12.1 Å². The summed E-state index contributed by atoms with van der Waals surface area (Å²) in [5.74, 6) is -2.43. The van der Waals surface area contributed by atoms with Gasteiger partial charge in [0.15, 0.2) is 17.9 Å². The van der Waals surface area contributed by atoms with E-state index in [1.54, 1.807) is 0 Å². The maximum Gasteiger partial charge on any atom is 0.189 e. The molecule has 1 aliphatic rings. The van der Waals surface area contributed by atoms with Crippen molar-refractivity contribution < 1.29 is 23.4 Å². The zero-order valence-corrected chi connectivity index (χ0v) is 7.17. The van der Waals surface area contributed by atoms with Gasteiger partial charge in [0.25, 0.3) is 0 Å². The largest absolute Gasteiger partial charge is 0.505 e. The summed E-state index contributed by atoms with van der Waals surface area (Å²) in [6.07, 6.45) is -1.05. The minimum Gasteiger partial charge on any atom is -0.505 e. The van der Waals surface area contributed by atoms with E-state index in [2.05, 4.69) is 0 Å². The van der Waals surface area contributed by atoms with Gasteiger partial charge in [-0.1, -0.05) is 0 Å². The molecule has 0 atom stereocenters. The topological polar surface area (TPSA) is 38.7 Å². The molecule has 0 aliphatic carbocycles. The lowest BCUT2D eigenvalue weighted by atomic mass is 10.2. The first-order chi connectivity index (χ1) is 6.70. The fourth-order valence-corrected chi connectivity index (χ4v) is 1.30. The molecule has 14 heavy (non-hydrogen) atoms. The van der Waals surface area contributed by atoms with E-state index in [1.807, 2.05) is 0 Å². The molecule has 0 bridgehead atoms. The van der Waals surface area contributed by atoms with Gasteiger partial charge in [-0.3, -0.25) is 0 Å². The van der Waals surface area contributed by atoms with Crippen LogP contribution in [0.3, 0.4) is 0 Å². The van der Waals surface area contributed by atoms with Gasteiger partial charge in [0.05, 0.1) is 18.8 Å². The Balaban J connectivity index is 2.44. The molecule has 0 aromatic heterocycles. The molecule has 1 aliphatic heterocycles. The van der Waals surface area contributed by atoms with Crippen molar-refractivity contribution in [1.82, 2.24) is 0 Å². The van der Waals surface area contributed by atoms with Crippen molar-refractivity contribution in [1.29, 1.82) is 0 Å². The molecule has 2 rings (SSSR count). The van der Waals surface area contributed by atoms with Crippen LogP contribution >= 0.6 is 0 Å². The molecule has 0 saturated carbocycles. The minimum atomic E-state index is -1.05. The van der Waals surface area contributed by atoms with Gasteiger partial charge >= 0.3 is 0 Å². The van der Waals surface area contributed by atoms with Gasteiger partial charge in [-0.15, -0.1) is 0 Å². The lowest BCUT2D eigenvalue weighted by Gasteiger charge is -2.11. The second-order valence-corrected chi connectivity index (χ2v) is 2.87. The van der Waals surface area contributed by atoms with Crippen LogP contribution in [-0.4, -0.2) is 18.3 Å². The van der Waals surface area contributed by atoms with Crippen LogP contribution in [0.25, 0.3) is 0 Å². The summed E-state index contributed by atoms with van der Waals surface area (Å²) in [6.45, 7) is 0.582. The highest BCUT2D eigenvalue weighted by molar-refractivity contribution is 5.32. The predicted molar refractivity (Wildman–Crippen MR) is 42.7 cm³/mol. The quantitative estimate of drug-likeness (QED) is 0.753. The number of halogens is 2. The third-order valence-corrected chi connectivity index (χ3v) is 1.96. The predicted octanol–water partition coefficient (Wildman–Crippen LogP) is 1.72. The SMILES string of the molecule is Oc1ccc(F)c(C2OCCO2)c1F. The maximum absolute atomic E-state index is 13.3. The van der Waals surface area contributed by atoms with Crippen molar-refractivity contribution in [3.05, 3.63) is 29.3 Å². The molecule has 1 heterocycles. The maximum atomic E-state index is 13.3. The van der Waals surface area contributed by atoms with Gasteiger partial charge in [-0.25, -0.2) is 8.78 Å². The Morgan fingerprint density at radius 2 is 1.86 bits per heavy atom. The van der Waals surface area contributed by atoms with Gasteiger partial charge in [0.2, 0.25) is 0 Å². The first-order valence-corrected chi connectivity index (χ1v) is 4.10. The summed E-state index contributed by atoms with van der Waals surface area (Å²) < 4.78 is 36.3. The first-order valence-electron chi connectivity index (χ1n) is 4.10. The van der Waals surface area contributed by atoms with Gasteiger partial charge in [-0.05, 0) is 12.1 Å². The zero-order valence-electron chi connectivity index (χ0n) is 7.17. The van der Waals surface area contributed by atoms with E-state index in [-0.39, 0.29) is 5.56 Å². The van der Waals surface area contributed by atoms with Crippen molar-refractivity contribution in [2.45, 2.75) is 6.29 Å². The summed E-state index contributed by atoms with van der Waals surface area (Å²) in [5.41, 5.74) is -0.373. The Kier molecular flexibility index (Phi) is 2.35. The van der Waals surface area contributed by atoms with Crippen molar-refractivity contribution in [3.63, 3.8) is 0 Å². The molecule has 0 spiro atoms. The lowest BCUT2D eigenvalue weighted by Crippen LogP contribution is -2.05. The Morgan fingerprint density at radius 1 is 1.21 bits per heavy atom. The number of benzene rings is 1. The van der Waals surface area contributed by atoms with Crippen molar-refractivity contribution >= 4 is 0 Å². The zero-order chi connectivity index (χ0) is 10.1. The Hall–Kier alpha value is -1.20. The first kappa shape index (κ1) is 9.36. The number of hydrogen-bond donors (Lipinski definition) is 1. The van der Waals surface area contributed by atoms with E-state index in [4.69, 9.17) is 14.6 Å². The Labute approximate surface area is 78.9 Å². The lowest BCUT2D eigenvalue weighted by molar-refractivity contribution is -0.0492. The molecule has 1 saturated heterocycles. The molecular weight excluding hydrogens is 194 g/mol. The van der Waals surface area contributed by atoms with E-state index < -0.39 is 23.7 Å². The van der Waals surface area contributed by atoms with Crippen LogP contribution in [0.5, 0.6) is 5.75 Å². The van der Waals surface area contributed by atoms with E-state index in [0.29, 0.717) is 13.2 Å². The Bertz CT molecular complexity index is 348. The van der Waals surface area contributed by atoms with Crippen LogP contribution in [0, 0.1) is 11.6 Å². The summed E-state index contributed by atoms with van der Waals surface area (Å²) in [5, 5.41) is 9.03. The van der Waals surface area contributed by atoms with Gasteiger partial charge in [0.1, 0.15) is 5.82 Å².